The molecule has 0 aliphatic heterocycles. The molecule has 0 aliphatic carbocycles. The van der Waals surface area contributed by atoms with Crippen molar-refractivity contribution in [3.05, 3.63) is 200 Å². The van der Waals surface area contributed by atoms with Crippen LogP contribution in [0.3, 0.4) is 0 Å². The molecule has 0 spiro atoms. The highest BCUT2D eigenvalue weighted by molar-refractivity contribution is 6.25. The summed E-state index contributed by atoms with van der Waals surface area (Å²) in [5.74, 6) is 0. The fraction of sp³-hybridized carbons (Fsp3) is 0. The van der Waals surface area contributed by atoms with Crippen molar-refractivity contribution in [1.29, 1.82) is 0 Å². The van der Waals surface area contributed by atoms with E-state index in [1.165, 1.54) is 65.3 Å². The summed E-state index contributed by atoms with van der Waals surface area (Å²) in [5, 5.41) is 12.1. The van der Waals surface area contributed by atoms with Crippen LogP contribution in [0.15, 0.2) is 200 Å². The lowest BCUT2D eigenvalue weighted by molar-refractivity contribution is 1.19. The van der Waals surface area contributed by atoms with Crippen LogP contribution < -0.4 is 0 Å². The first kappa shape index (κ1) is 31.7. The van der Waals surface area contributed by atoms with Gasteiger partial charge in [0.05, 0.1) is 5.69 Å². The zero-order chi connectivity index (χ0) is 37.5. The first-order valence-corrected chi connectivity index (χ1v) is 19.5. The Morgan fingerprint density at radius 1 is 0.333 bits per heavy atom. The normalized spacial score (nSPS) is 11.9. The molecule has 0 unspecified atom stereocenters. The summed E-state index contributed by atoms with van der Waals surface area (Å²) >= 11 is 0. The molecular weight excluding hydrogens is 691 g/mol. The zero-order valence-corrected chi connectivity index (χ0v) is 30.9. The molecule has 3 heteroatoms. The van der Waals surface area contributed by atoms with Crippen LogP contribution in [0.5, 0.6) is 0 Å². The van der Waals surface area contributed by atoms with Crippen LogP contribution in [-0.2, 0) is 0 Å². The van der Waals surface area contributed by atoms with Crippen molar-refractivity contribution >= 4 is 70.7 Å². The van der Waals surface area contributed by atoms with E-state index in [9.17, 15) is 0 Å². The molecule has 264 valence electrons. The third-order valence-electron chi connectivity index (χ3n) is 11.8. The second kappa shape index (κ2) is 12.5. The van der Waals surface area contributed by atoms with Gasteiger partial charge in [-0.15, -0.1) is 0 Å². The van der Waals surface area contributed by atoms with Crippen LogP contribution in [0, 0.1) is 0 Å². The SMILES string of the molecule is c1cc(-c2ccc3c(-c4cccc5ccccc45)c4ccccc4c(-c4cccc5ccccc45)c3c2)cc(-c2nc3c(nc4ccccn43)c3ccccc23)c1. The average Bonchev–Trinajstić information content (AvgIpc) is 3.66. The van der Waals surface area contributed by atoms with Gasteiger partial charge in [0.1, 0.15) is 11.2 Å². The van der Waals surface area contributed by atoms with Crippen LogP contribution in [0.1, 0.15) is 0 Å². The van der Waals surface area contributed by atoms with Gasteiger partial charge in [-0.3, -0.25) is 4.40 Å². The maximum atomic E-state index is 5.33. The van der Waals surface area contributed by atoms with Gasteiger partial charge >= 0.3 is 0 Å². The summed E-state index contributed by atoms with van der Waals surface area (Å²) in [5.41, 5.74) is 12.0. The van der Waals surface area contributed by atoms with E-state index < -0.39 is 0 Å². The van der Waals surface area contributed by atoms with Crippen LogP contribution in [0.2, 0.25) is 0 Å². The van der Waals surface area contributed by atoms with E-state index in [1.807, 2.05) is 24.4 Å². The number of imidazole rings is 1. The molecule has 0 fully saturated rings. The summed E-state index contributed by atoms with van der Waals surface area (Å²) < 4.78 is 2.09. The number of hydrogen-bond acceptors (Lipinski definition) is 2. The van der Waals surface area contributed by atoms with Gasteiger partial charge in [0, 0.05) is 22.5 Å². The monoisotopic (exact) mass is 723 g/mol. The Bertz CT molecular complexity index is 3580. The Labute approximate surface area is 328 Å². The first-order valence-electron chi connectivity index (χ1n) is 19.5. The lowest BCUT2D eigenvalue weighted by Crippen LogP contribution is -1.94. The van der Waals surface area contributed by atoms with Gasteiger partial charge in [-0.1, -0.05) is 170 Å². The molecule has 3 heterocycles. The molecule has 9 aromatic carbocycles. The number of pyridine rings is 2. The molecule has 3 nitrogen and oxygen atoms in total. The van der Waals surface area contributed by atoms with E-state index in [0.29, 0.717) is 0 Å². The molecule has 0 N–H and O–H groups in total. The van der Waals surface area contributed by atoms with E-state index in [1.54, 1.807) is 0 Å². The number of nitrogens with zero attached hydrogens (tertiary/aromatic N) is 3. The van der Waals surface area contributed by atoms with Crippen molar-refractivity contribution in [2.75, 3.05) is 0 Å². The van der Waals surface area contributed by atoms with Gasteiger partial charge in [0.25, 0.3) is 0 Å². The fourth-order valence-corrected chi connectivity index (χ4v) is 9.22. The van der Waals surface area contributed by atoms with E-state index in [0.717, 1.165) is 50.0 Å². The third kappa shape index (κ3) is 4.86. The summed E-state index contributed by atoms with van der Waals surface area (Å²) in [6, 6.07) is 70.4. The molecule has 12 aromatic rings. The largest absolute Gasteiger partial charge is 0.284 e. The maximum Gasteiger partial charge on any atom is 0.165 e. The van der Waals surface area contributed by atoms with Crippen LogP contribution in [-0.4, -0.2) is 14.4 Å². The van der Waals surface area contributed by atoms with Crippen molar-refractivity contribution < 1.29 is 0 Å². The third-order valence-corrected chi connectivity index (χ3v) is 11.8. The molecule has 0 radical (unpaired) electrons. The van der Waals surface area contributed by atoms with E-state index in [-0.39, 0.29) is 0 Å². The number of rotatable bonds is 4. The second-order valence-corrected chi connectivity index (χ2v) is 14.9. The van der Waals surface area contributed by atoms with Gasteiger partial charge < -0.3 is 0 Å². The molecule has 0 aliphatic rings. The van der Waals surface area contributed by atoms with Gasteiger partial charge in [-0.2, -0.15) is 0 Å². The lowest BCUT2D eigenvalue weighted by atomic mass is 9.83. The average molecular weight is 724 g/mol. The minimum Gasteiger partial charge on any atom is -0.284 e. The number of benzene rings is 9. The highest BCUT2D eigenvalue weighted by Gasteiger charge is 2.21. The standard InChI is InChI=1S/C54H33N3/c1-3-20-39-34(14-1)16-12-26-41(39)50-43-22-5-6-23-44(43)51(42-27-13-17-35-15-2-4-21-40(35)42)48-33-37(29-30-45(48)50)36-18-11-19-38(32-36)52-46-24-7-8-25-47(46)53-54(56-52)57-31-10-9-28-49(57)55-53/h1-33H. The van der Waals surface area contributed by atoms with Gasteiger partial charge in [0.15, 0.2) is 5.65 Å². The van der Waals surface area contributed by atoms with Gasteiger partial charge in [-0.25, -0.2) is 9.97 Å². The number of hydrogen-bond donors (Lipinski definition) is 0. The van der Waals surface area contributed by atoms with Crippen molar-refractivity contribution in [2.24, 2.45) is 0 Å². The molecule has 12 rings (SSSR count). The molecule has 3 aromatic heterocycles. The molecular formula is C54H33N3. The van der Waals surface area contributed by atoms with Crippen molar-refractivity contribution in [1.82, 2.24) is 14.4 Å². The van der Waals surface area contributed by atoms with E-state index >= 15 is 0 Å². The molecule has 57 heavy (non-hydrogen) atoms. The molecule has 0 saturated carbocycles. The van der Waals surface area contributed by atoms with Crippen molar-refractivity contribution in [2.45, 2.75) is 0 Å². The van der Waals surface area contributed by atoms with Crippen molar-refractivity contribution in [3.63, 3.8) is 0 Å². The Morgan fingerprint density at radius 3 is 1.58 bits per heavy atom. The second-order valence-electron chi connectivity index (χ2n) is 14.9. The predicted molar refractivity (Wildman–Crippen MR) is 240 cm³/mol. The summed E-state index contributed by atoms with van der Waals surface area (Å²) in [6.07, 6.45) is 2.05. The lowest BCUT2D eigenvalue weighted by Gasteiger charge is -2.20. The Balaban J connectivity index is 1.15. The summed E-state index contributed by atoms with van der Waals surface area (Å²) in [4.78, 5) is 10.3. The zero-order valence-electron chi connectivity index (χ0n) is 30.9. The maximum absolute atomic E-state index is 5.33. The minimum atomic E-state index is 0.864. The van der Waals surface area contributed by atoms with E-state index in [4.69, 9.17) is 9.97 Å². The molecule has 0 bridgehead atoms. The minimum absolute atomic E-state index is 0.864. The highest BCUT2D eigenvalue weighted by Crippen LogP contribution is 2.47. The topological polar surface area (TPSA) is 30.2 Å². The van der Waals surface area contributed by atoms with Gasteiger partial charge in [0.2, 0.25) is 0 Å². The quantitative estimate of drug-likeness (QED) is 0.169. The van der Waals surface area contributed by atoms with Crippen LogP contribution in [0.4, 0.5) is 0 Å². The molecule has 0 saturated heterocycles. The van der Waals surface area contributed by atoms with Crippen molar-refractivity contribution in [3.8, 4) is 44.6 Å². The summed E-state index contributed by atoms with van der Waals surface area (Å²) in [6.45, 7) is 0. The van der Waals surface area contributed by atoms with Gasteiger partial charge in [-0.05, 0) is 101 Å². The first-order chi connectivity index (χ1) is 28.3. The molecule has 0 atom stereocenters. The smallest absolute Gasteiger partial charge is 0.165 e. The predicted octanol–water partition coefficient (Wildman–Crippen LogP) is 14.3. The Kier molecular flexibility index (Phi) is 6.93. The highest BCUT2D eigenvalue weighted by atomic mass is 15.1. The van der Waals surface area contributed by atoms with Crippen LogP contribution >= 0.6 is 0 Å². The number of aromatic nitrogens is 3. The Morgan fingerprint density at radius 2 is 0.860 bits per heavy atom. The summed E-state index contributed by atoms with van der Waals surface area (Å²) in [7, 11) is 0. The molecule has 0 amide bonds. The van der Waals surface area contributed by atoms with Crippen LogP contribution in [0.25, 0.3) is 115 Å². The van der Waals surface area contributed by atoms with E-state index in [2.05, 4.69) is 180 Å². The fourth-order valence-electron chi connectivity index (χ4n) is 9.22. The number of fused-ring (bicyclic) bond motifs is 9. The Hall–Kier alpha value is -7.62.